The summed E-state index contributed by atoms with van der Waals surface area (Å²) >= 11 is 0. The van der Waals surface area contributed by atoms with E-state index in [0.717, 1.165) is 0 Å². The van der Waals surface area contributed by atoms with Gasteiger partial charge >= 0.3 is 0 Å². The topological polar surface area (TPSA) is 0 Å². The van der Waals surface area contributed by atoms with Crippen LogP contribution in [0.2, 0.25) is 0 Å². The molecular formula is C40H80. The van der Waals surface area contributed by atoms with Crippen molar-refractivity contribution in [3.8, 4) is 0 Å². The van der Waals surface area contributed by atoms with Crippen molar-refractivity contribution in [1.29, 1.82) is 0 Å². The second kappa shape index (κ2) is 18.6. The van der Waals surface area contributed by atoms with Crippen LogP contribution in [0, 0.1) is 27.1 Å². The first-order valence-electron chi connectivity index (χ1n) is 19.4. The smallest absolute Gasteiger partial charge is 0.0176 e. The molecule has 0 saturated heterocycles. The Morgan fingerprint density at radius 1 is 0.225 bits per heavy atom. The van der Waals surface area contributed by atoms with Gasteiger partial charge in [0.2, 0.25) is 0 Å². The Balaban J connectivity index is 4.30. The second-order valence-corrected chi connectivity index (χ2v) is 14.5. The predicted octanol–water partition coefficient (Wildman–Crippen LogP) is 14.9. The van der Waals surface area contributed by atoms with Gasteiger partial charge in [0, 0.05) is 0 Å². The summed E-state index contributed by atoms with van der Waals surface area (Å²) in [5.74, 6) is 0. The maximum Gasteiger partial charge on any atom is -0.0176 e. The quantitative estimate of drug-likeness (QED) is 0.0974. The summed E-state index contributed by atoms with van der Waals surface area (Å²) in [6.45, 7) is 25.6. The van der Waals surface area contributed by atoms with Crippen molar-refractivity contribution >= 4 is 0 Å². The number of hydrogen-bond acceptors (Lipinski definition) is 0. The third kappa shape index (κ3) is 6.42. The fourth-order valence-electron chi connectivity index (χ4n) is 12.3. The van der Waals surface area contributed by atoms with Gasteiger partial charge in [-0.3, -0.25) is 0 Å². The molecule has 0 spiro atoms. The molecule has 0 bridgehead atoms. The van der Waals surface area contributed by atoms with Crippen molar-refractivity contribution in [3.05, 3.63) is 0 Å². The fourth-order valence-corrected chi connectivity index (χ4v) is 12.3. The summed E-state index contributed by atoms with van der Waals surface area (Å²) in [5.41, 5.74) is 2.38. The highest BCUT2D eigenvalue weighted by atomic mass is 14.8. The van der Waals surface area contributed by atoms with Crippen LogP contribution in [-0.4, -0.2) is 0 Å². The first-order chi connectivity index (χ1) is 19.4. The van der Waals surface area contributed by atoms with Crippen LogP contribution in [0.3, 0.4) is 0 Å². The van der Waals surface area contributed by atoms with Gasteiger partial charge in [0.15, 0.2) is 0 Å². The maximum atomic E-state index is 2.69. The molecule has 0 heteroatoms. The van der Waals surface area contributed by atoms with E-state index in [9.17, 15) is 0 Å². The van der Waals surface area contributed by atoms with E-state index < -0.39 is 0 Å². The zero-order valence-corrected chi connectivity index (χ0v) is 30.2. The lowest BCUT2D eigenvalue weighted by molar-refractivity contribution is -0.101. The van der Waals surface area contributed by atoms with Crippen LogP contribution < -0.4 is 0 Å². The van der Waals surface area contributed by atoms with Gasteiger partial charge in [0.1, 0.15) is 0 Å². The zero-order valence-electron chi connectivity index (χ0n) is 30.2. The number of rotatable bonds is 25. The molecule has 0 aromatic rings. The minimum atomic E-state index is 0.477. The molecule has 0 radical (unpaired) electrons. The fraction of sp³-hybridized carbons (Fsp3) is 1.00. The molecule has 0 aromatic carbocycles. The third-order valence-electron chi connectivity index (χ3n) is 13.6. The SMILES string of the molecule is CCCCCC1(CC)C(CC)(CCCCC)C(CC)(CCCCC)C(CC)(CCCCC)C1(CC)CCCCC. The van der Waals surface area contributed by atoms with E-state index in [1.165, 1.54) is 161 Å². The molecule has 0 atom stereocenters. The van der Waals surface area contributed by atoms with Crippen molar-refractivity contribution in [3.63, 3.8) is 0 Å². The highest BCUT2D eigenvalue weighted by molar-refractivity contribution is 5.29. The Labute approximate surface area is 256 Å². The molecule has 0 aromatic heterocycles. The first-order valence-corrected chi connectivity index (χ1v) is 19.4. The molecule has 1 aliphatic carbocycles. The Morgan fingerprint density at radius 3 is 0.475 bits per heavy atom. The van der Waals surface area contributed by atoms with Gasteiger partial charge in [0.25, 0.3) is 0 Å². The molecule has 1 fully saturated rings. The zero-order chi connectivity index (χ0) is 30.2. The molecule has 0 aliphatic heterocycles. The van der Waals surface area contributed by atoms with Crippen molar-refractivity contribution < 1.29 is 0 Å². The Hall–Kier alpha value is 0. The summed E-state index contributed by atoms with van der Waals surface area (Å²) in [6.07, 6.45) is 35.8. The van der Waals surface area contributed by atoms with Crippen molar-refractivity contribution in [2.45, 2.75) is 230 Å². The van der Waals surface area contributed by atoms with Crippen molar-refractivity contribution in [2.24, 2.45) is 27.1 Å². The second-order valence-electron chi connectivity index (χ2n) is 14.5. The van der Waals surface area contributed by atoms with Crippen molar-refractivity contribution in [2.75, 3.05) is 0 Å². The summed E-state index contributed by atoms with van der Waals surface area (Å²) in [5, 5.41) is 0. The van der Waals surface area contributed by atoms with Gasteiger partial charge in [0.05, 0.1) is 0 Å². The summed E-state index contributed by atoms with van der Waals surface area (Å²) in [6, 6.07) is 0. The first kappa shape index (κ1) is 38.0. The van der Waals surface area contributed by atoms with Gasteiger partial charge in [-0.05, 0) is 91.3 Å². The van der Waals surface area contributed by atoms with Crippen molar-refractivity contribution in [1.82, 2.24) is 0 Å². The largest absolute Gasteiger partial charge is 0.0654 e. The number of hydrogen-bond donors (Lipinski definition) is 0. The van der Waals surface area contributed by atoms with Crippen LogP contribution in [0.5, 0.6) is 0 Å². The van der Waals surface area contributed by atoms with E-state index in [4.69, 9.17) is 0 Å². The minimum Gasteiger partial charge on any atom is -0.0654 e. The van der Waals surface area contributed by atoms with Crippen LogP contribution >= 0.6 is 0 Å². The van der Waals surface area contributed by atoms with Crippen LogP contribution in [-0.2, 0) is 0 Å². The average Bonchev–Trinajstić information content (AvgIpc) is 3.11. The molecule has 0 unspecified atom stereocenters. The summed E-state index contributed by atoms with van der Waals surface area (Å²) in [4.78, 5) is 0. The molecular weight excluding hydrogens is 480 g/mol. The predicted molar refractivity (Wildman–Crippen MR) is 184 cm³/mol. The molecule has 240 valence electrons. The average molecular weight is 561 g/mol. The summed E-state index contributed by atoms with van der Waals surface area (Å²) in [7, 11) is 0. The minimum absolute atomic E-state index is 0.477. The van der Waals surface area contributed by atoms with Gasteiger partial charge in [-0.25, -0.2) is 0 Å². The highest BCUT2D eigenvalue weighted by Crippen LogP contribution is 2.88. The molecule has 1 aliphatic rings. The molecule has 0 heterocycles. The third-order valence-corrected chi connectivity index (χ3v) is 13.6. The standard InChI is InChI=1S/C40H80/c1-11-21-26-31-36(16-6)37(17-7,32-27-22-12-2)39(19-9,34-29-24-14-4)40(20-10,35-30-25-15-5)38(36,18-8)33-28-23-13-3/h11-35H2,1-10H3. The van der Waals surface area contributed by atoms with Gasteiger partial charge in [-0.1, -0.05) is 166 Å². The Morgan fingerprint density at radius 2 is 0.375 bits per heavy atom. The van der Waals surface area contributed by atoms with Crippen LogP contribution in [0.4, 0.5) is 0 Å². The number of unbranched alkanes of at least 4 members (excludes halogenated alkanes) is 10. The van der Waals surface area contributed by atoms with Crippen LogP contribution in [0.25, 0.3) is 0 Å². The van der Waals surface area contributed by atoms with E-state index in [2.05, 4.69) is 69.2 Å². The lowest BCUT2D eigenvalue weighted by atomic mass is 9.45. The monoisotopic (exact) mass is 561 g/mol. The Kier molecular flexibility index (Phi) is 17.7. The maximum absolute atomic E-state index is 2.69. The van der Waals surface area contributed by atoms with E-state index >= 15 is 0 Å². The van der Waals surface area contributed by atoms with E-state index in [0.29, 0.717) is 27.1 Å². The Bertz CT molecular complexity index is 488. The molecule has 0 amide bonds. The molecule has 40 heavy (non-hydrogen) atoms. The molecule has 0 N–H and O–H groups in total. The lowest BCUT2D eigenvalue weighted by Gasteiger charge is -2.59. The summed E-state index contributed by atoms with van der Waals surface area (Å²) < 4.78 is 0. The van der Waals surface area contributed by atoms with Gasteiger partial charge in [-0.15, -0.1) is 0 Å². The van der Waals surface area contributed by atoms with E-state index in [1.807, 2.05) is 0 Å². The highest BCUT2D eigenvalue weighted by Gasteiger charge is 2.81. The van der Waals surface area contributed by atoms with Gasteiger partial charge < -0.3 is 0 Å². The van der Waals surface area contributed by atoms with Crippen LogP contribution in [0.1, 0.15) is 230 Å². The lowest BCUT2D eigenvalue weighted by Crippen LogP contribution is -2.51. The van der Waals surface area contributed by atoms with E-state index in [1.54, 1.807) is 0 Å². The molecule has 1 rings (SSSR count). The molecule has 1 saturated carbocycles. The molecule has 0 nitrogen and oxygen atoms in total. The normalized spacial score (nSPS) is 32.2. The van der Waals surface area contributed by atoms with E-state index in [-0.39, 0.29) is 0 Å². The van der Waals surface area contributed by atoms with Crippen LogP contribution in [0.15, 0.2) is 0 Å². The van der Waals surface area contributed by atoms with Gasteiger partial charge in [-0.2, -0.15) is 0 Å².